The lowest BCUT2D eigenvalue weighted by atomic mass is 10.3. The first-order valence-electron chi connectivity index (χ1n) is 6.36. The molecule has 0 bridgehead atoms. The zero-order valence-electron chi connectivity index (χ0n) is 11.9. The number of rotatable bonds is 4. The Morgan fingerprint density at radius 1 is 1.20 bits per heavy atom. The number of nitrogens with one attached hydrogen (secondary N) is 1. The fourth-order valence-electron chi connectivity index (χ4n) is 1.40. The third-order valence-corrected chi connectivity index (χ3v) is 3.55. The molecule has 0 saturated heterocycles. The smallest absolute Gasteiger partial charge is 0.182 e. The van der Waals surface area contributed by atoms with Crippen LogP contribution in [0.4, 0.5) is 5.69 Å². The van der Waals surface area contributed by atoms with Crippen LogP contribution in [0.15, 0.2) is 18.2 Å². The first-order valence-corrected chi connectivity index (χ1v) is 7.53. The van der Waals surface area contributed by atoms with Gasteiger partial charge in [-0.3, -0.25) is 0 Å². The summed E-state index contributed by atoms with van der Waals surface area (Å²) < 4.78 is 0. The van der Waals surface area contributed by atoms with Gasteiger partial charge in [0.15, 0.2) is 4.99 Å². The Hall–Kier alpha value is -0.860. The van der Waals surface area contributed by atoms with E-state index in [1.807, 2.05) is 0 Å². The Balaban J connectivity index is 0.000000441. The van der Waals surface area contributed by atoms with Gasteiger partial charge >= 0.3 is 0 Å². The molecule has 0 aliphatic heterocycles. The number of hydrogen-bond acceptors (Lipinski definition) is 3. The van der Waals surface area contributed by atoms with Crippen LogP contribution in [0.25, 0.3) is 0 Å². The number of nitriles is 1. The summed E-state index contributed by atoms with van der Waals surface area (Å²) in [5.41, 5.74) is 0.654. The van der Waals surface area contributed by atoms with Gasteiger partial charge in [-0.25, -0.2) is 0 Å². The fraction of sp³-hybridized carbons (Fsp3) is 0.429. The van der Waals surface area contributed by atoms with Gasteiger partial charge in [0, 0.05) is 5.69 Å². The van der Waals surface area contributed by atoms with Crippen molar-refractivity contribution in [1.82, 2.24) is 4.90 Å². The van der Waals surface area contributed by atoms with Gasteiger partial charge in [0.25, 0.3) is 0 Å². The van der Waals surface area contributed by atoms with Gasteiger partial charge in [-0.2, -0.15) is 5.26 Å². The van der Waals surface area contributed by atoms with Gasteiger partial charge in [0.05, 0.1) is 10.0 Å². The summed E-state index contributed by atoms with van der Waals surface area (Å²) in [4.78, 5) is 2.47. The Labute approximate surface area is 136 Å². The van der Waals surface area contributed by atoms with Gasteiger partial charge in [0.1, 0.15) is 6.07 Å². The van der Waals surface area contributed by atoms with Crippen molar-refractivity contribution in [3.8, 4) is 6.07 Å². The lowest BCUT2D eigenvalue weighted by Crippen LogP contribution is -2.21. The van der Waals surface area contributed by atoms with Crippen LogP contribution < -0.4 is 5.32 Å². The molecule has 0 unspecified atom stereocenters. The number of nitrogens with zero attached hydrogens (tertiary/aromatic N) is 2. The maximum absolute atomic E-state index is 8.41. The summed E-state index contributed by atoms with van der Waals surface area (Å²) in [6.07, 6.45) is 0. The maximum atomic E-state index is 8.41. The van der Waals surface area contributed by atoms with Crippen LogP contribution in [0.5, 0.6) is 0 Å². The molecule has 1 aromatic carbocycles. The predicted octanol–water partition coefficient (Wildman–Crippen LogP) is 4.60. The largest absolute Gasteiger partial charge is 0.338 e. The van der Waals surface area contributed by atoms with Crippen molar-refractivity contribution in [2.24, 2.45) is 0 Å². The molecule has 1 rings (SSSR count). The molecule has 1 aromatic rings. The Morgan fingerprint density at radius 3 is 2.10 bits per heavy atom. The van der Waals surface area contributed by atoms with Crippen molar-refractivity contribution in [3.63, 3.8) is 0 Å². The molecule has 1 N–H and O–H groups in total. The monoisotopic (exact) mass is 331 g/mol. The molecule has 0 radical (unpaired) electrons. The van der Waals surface area contributed by atoms with Crippen LogP contribution in [0, 0.1) is 11.3 Å². The molecule has 0 atom stereocenters. The second-order valence-electron chi connectivity index (χ2n) is 3.81. The molecule has 0 heterocycles. The fourth-order valence-corrected chi connectivity index (χ4v) is 1.82. The molecule has 110 valence electrons. The Bertz CT molecular complexity index is 462. The minimum atomic E-state index is 0.0957. The highest BCUT2D eigenvalue weighted by atomic mass is 35.5. The van der Waals surface area contributed by atoms with Gasteiger partial charge in [-0.1, -0.05) is 44.0 Å². The van der Waals surface area contributed by atoms with Gasteiger partial charge < -0.3 is 10.2 Å². The van der Waals surface area contributed by atoms with Crippen LogP contribution in [-0.2, 0) is 0 Å². The maximum Gasteiger partial charge on any atom is 0.182 e. The SMILES string of the molecule is CCN(CC)CC.N#CC(=S)Nc1ccc(Cl)c(Cl)c1. The van der Waals surface area contributed by atoms with E-state index in [0.717, 1.165) is 0 Å². The molecule has 0 aliphatic carbocycles. The van der Waals surface area contributed by atoms with Crippen LogP contribution in [-0.4, -0.2) is 29.5 Å². The van der Waals surface area contributed by atoms with E-state index in [1.165, 1.54) is 19.6 Å². The van der Waals surface area contributed by atoms with Crippen LogP contribution in [0.3, 0.4) is 0 Å². The lowest BCUT2D eigenvalue weighted by molar-refractivity contribution is 0.321. The van der Waals surface area contributed by atoms with Gasteiger partial charge in [-0.05, 0) is 50.1 Å². The molecule has 0 spiro atoms. The average Bonchev–Trinajstić information content (AvgIpc) is 2.45. The Kier molecular flexibility index (Phi) is 10.4. The zero-order chi connectivity index (χ0) is 15.5. The molecule has 0 fully saturated rings. The van der Waals surface area contributed by atoms with E-state index in [9.17, 15) is 0 Å². The van der Waals surface area contributed by atoms with Crippen LogP contribution >= 0.6 is 35.4 Å². The standard InChI is InChI=1S/C8H4Cl2N2S.C6H15N/c9-6-2-1-5(3-7(6)10)12-8(13)4-11;1-4-7(5-2)6-3/h1-3H,(H,12,13);4-6H2,1-3H3. The zero-order valence-corrected chi connectivity index (χ0v) is 14.2. The molecule has 3 nitrogen and oxygen atoms in total. The van der Waals surface area contributed by atoms with Crippen LogP contribution in [0.2, 0.25) is 10.0 Å². The molecule has 0 amide bonds. The van der Waals surface area contributed by atoms with E-state index in [1.54, 1.807) is 24.3 Å². The summed E-state index contributed by atoms with van der Waals surface area (Å²) in [5.74, 6) is 0. The van der Waals surface area contributed by atoms with E-state index < -0.39 is 0 Å². The highest BCUT2D eigenvalue weighted by Gasteiger charge is 2.00. The molecule has 0 aromatic heterocycles. The number of benzene rings is 1. The normalized spacial score (nSPS) is 9.45. The van der Waals surface area contributed by atoms with Crippen molar-refractivity contribution < 1.29 is 0 Å². The highest BCUT2D eigenvalue weighted by molar-refractivity contribution is 7.81. The number of halogens is 2. The van der Waals surface area contributed by atoms with E-state index >= 15 is 0 Å². The van der Waals surface area contributed by atoms with Gasteiger partial charge in [0.2, 0.25) is 0 Å². The lowest BCUT2D eigenvalue weighted by Gasteiger charge is -2.13. The van der Waals surface area contributed by atoms with Crippen molar-refractivity contribution in [3.05, 3.63) is 28.2 Å². The number of thiocarbonyl (C=S) groups is 1. The van der Waals surface area contributed by atoms with E-state index in [2.05, 4.69) is 43.2 Å². The van der Waals surface area contributed by atoms with Crippen molar-refractivity contribution in [2.75, 3.05) is 25.0 Å². The molecule has 6 heteroatoms. The predicted molar refractivity (Wildman–Crippen MR) is 91.8 cm³/mol. The summed E-state index contributed by atoms with van der Waals surface area (Å²) >= 11 is 16.1. The van der Waals surface area contributed by atoms with Crippen molar-refractivity contribution >= 4 is 46.1 Å². The average molecular weight is 332 g/mol. The van der Waals surface area contributed by atoms with E-state index in [0.29, 0.717) is 15.7 Å². The molecule has 0 aliphatic rings. The third-order valence-electron chi connectivity index (χ3n) is 2.62. The number of anilines is 1. The van der Waals surface area contributed by atoms with E-state index in [4.69, 9.17) is 28.5 Å². The topological polar surface area (TPSA) is 39.1 Å². The number of hydrogen-bond donors (Lipinski definition) is 1. The van der Waals surface area contributed by atoms with E-state index in [-0.39, 0.29) is 4.99 Å². The van der Waals surface area contributed by atoms with Crippen molar-refractivity contribution in [1.29, 1.82) is 5.26 Å². The second kappa shape index (κ2) is 10.9. The second-order valence-corrected chi connectivity index (χ2v) is 5.04. The summed E-state index contributed by atoms with van der Waals surface area (Å²) in [7, 11) is 0. The molecular formula is C14H19Cl2N3S. The minimum Gasteiger partial charge on any atom is -0.338 e. The summed E-state index contributed by atoms with van der Waals surface area (Å²) in [6.45, 7) is 10.1. The van der Waals surface area contributed by atoms with Crippen molar-refractivity contribution in [2.45, 2.75) is 20.8 Å². The van der Waals surface area contributed by atoms with Crippen LogP contribution in [0.1, 0.15) is 20.8 Å². The first-order chi connectivity index (χ1) is 9.48. The molecular weight excluding hydrogens is 313 g/mol. The summed E-state index contributed by atoms with van der Waals surface area (Å²) in [5, 5.41) is 12.0. The molecule has 0 saturated carbocycles. The quantitative estimate of drug-likeness (QED) is 0.818. The molecule has 20 heavy (non-hydrogen) atoms. The minimum absolute atomic E-state index is 0.0957. The Morgan fingerprint density at radius 2 is 1.75 bits per heavy atom. The summed E-state index contributed by atoms with van der Waals surface area (Å²) in [6, 6.07) is 6.72. The highest BCUT2D eigenvalue weighted by Crippen LogP contribution is 2.24. The third kappa shape index (κ3) is 7.66. The van der Waals surface area contributed by atoms with Gasteiger partial charge in [-0.15, -0.1) is 0 Å². The first kappa shape index (κ1) is 19.1.